The number of fused-ring (bicyclic) bond motifs is 1. The number of aromatic amines is 1. The van der Waals surface area contributed by atoms with Crippen molar-refractivity contribution in [1.29, 1.82) is 0 Å². The summed E-state index contributed by atoms with van der Waals surface area (Å²) < 4.78 is 0. The van der Waals surface area contributed by atoms with Gasteiger partial charge in [-0.2, -0.15) is 0 Å². The first kappa shape index (κ1) is 14.2. The minimum Gasteiger partial charge on any atom is -0.354 e. The van der Waals surface area contributed by atoms with Gasteiger partial charge in [0.15, 0.2) is 6.29 Å². The molecule has 0 atom stereocenters. The van der Waals surface area contributed by atoms with E-state index in [-0.39, 0.29) is 0 Å². The summed E-state index contributed by atoms with van der Waals surface area (Å²) in [6, 6.07) is 9.47. The molecule has 0 amide bonds. The Balaban J connectivity index is 2.34. The number of H-pyrrole nitrogens is 1. The molecular formula is C17H13Cl2NO. The number of carbonyl (C=O) groups is 1. The summed E-state index contributed by atoms with van der Waals surface area (Å²) >= 11 is 12.0. The minimum absolute atomic E-state index is 0.470. The predicted molar refractivity (Wildman–Crippen MR) is 88.6 cm³/mol. The summed E-state index contributed by atoms with van der Waals surface area (Å²) in [5.74, 6) is 0. The van der Waals surface area contributed by atoms with Crippen molar-refractivity contribution in [2.75, 3.05) is 0 Å². The van der Waals surface area contributed by atoms with E-state index >= 15 is 0 Å². The first-order chi connectivity index (χ1) is 10.0. The van der Waals surface area contributed by atoms with Crippen LogP contribution in [0.1, 0.15) is 21.5 Å². The lowest BCUT2D eigenvalue weighted by Crippen LogP contribution is -1.86. The van der Waals surface area contributed by atoms with Gasteiger partial charge in [-0.1, -0.05) is 35.3 Å². The third-order valence-corrected chi connectivity index (χ3v) is 4.34. The van der Waals surface area contributed by atoms with E-state index in [0.29, 0.717) is 15.6 Å². The molecule has 0 unspecified atom stereocenters. The molecule has 4 heteroatoms. The van der Waals surface area contributed by atoms with Gasteiger partial charge in [0, 0.05) is 22.0 Å². The Hall–Kier alpha value is -1.77. The fourth-order valence-electron chi connectivity index (χ4n) is 2.75. The van der Waals surface area contributed by atoms with Gasteiger partial charge in [-0.25, -0.2) is 0 Å². The lowest BCUT2D eigenvalue weighted by molar-refractivity contribution is 0.112. The molecule has 3 rings (SSSR count). The van der Waals surface area contributed by atoms with Crippen molar-refractivity contribution in [3.05, 3.63) is 57.1 Å². The molecule has 1 N–H and O–H groups in total. The van der Waals surface area contributed by atoms with Crippen LogP contribution in [0.4, 0.5) is 0 Å². The van der Waals surface area contributed by atoms with E-state index in [1.165, 1.54) is 0 Å². The van der Waals surface area contributed by atoms with Crippen LogP contribution < -0.4 is 0 Å². The molecule has 0 aliphatic rings. The van der Waals surface area contributed by atoms with Gasteiger partial charge in [0.2, 0.25) is 0 Å². The van der Waals surface area contributed by atoms with Crippen LogP contribution >= 0.6 is 23.2 Å². The maximum absolute atomic E-state index is 11.6. The number of nitrogens with one attached hydrogen (secondary N) is 1. The van der Waals surface area contributed by atoms with Crippen molar-refractivity contribution in [3.8, 4) is 11.3 Å². The maximum Gasteiger partial charge on any atom is 0.152 e. The Kier molecular flexibility index (Phi) is 3.52. The van der Waals surface area contributed by atoms with Gasteiger partial charge in [0.25, 0.3) is 0 Å². The molecule has 1 aromatic heterocycles. The van der Waals surface area contributed by atoms with Gasteiger partial charge in [-0.3, -0.25) is 4.79 Å². The standard InChI is InChI=1S/C17H13Cl2NO/c1-9-5-10(2)16-12(8-21)17(20-15(16)6-9)11-3-4-13(18)14(19)7-11/h3-8,20H,1-2H3. The van der Waals surface area contributed by atoms with Crippen molar-refractivity contribution < 1.29 is 4.79 Å². The zero-order valence-corrected chi connectivity index (χ0v) is 13.1. The molecular weight excluding hydrogens is 305 g/mol. The van der Waals surface area contributed by atoms with Crippen LogP contribution in [-0.2, 0) is 0 Å². The van der Waals surface area contributed by atoms with Crippen molar-refractivity contribution in [1.82, 2.24) is 4.98 Å². The monoisotopic (exact) mass is 317 g/mol. The molecule has 106 valence electrons. The molecule has 1 heterocycles. The zero-order valence-electron chi connectivity index (χ0n) is 11.6. The number of hydrogen-bond acceptors (Lipinski definition) is 1. The van der Waals surface area contributed by atoms with Gasteiger partial charge in [0.05, 0.1) is 15.7 Å². The first-order valence-electron chi connectivity index (χ1n) is 6.55. The summed E-state index contributed by atoms with van der Waals surface area (Å²) in [5.41, 5.74) is 5.46. The number of rotatable bonds is 2. The lowest BCUT2D eigenvalue weighted by Gasteiger charge is -2.02. The fourth-order valence-corrected chi connectivity index (χ4v) is 3.05. The van der Waals surface area contributed by atoms with Gasteiger partial charge in [-0.05, 0) is 43.2 Å². The van der Waals surface area contributed by atoms with Crippen molar-refractivity contribution in [2.45, 2.75) is 13.8 Å². The largest absolute Gasteiger partial charge is 0.354 e. The van der Waals surface area contributed by atoms with Gasteiger partial charge in [-0.15, -0.1) is 0 Å². The smallest absolute Gasteiger partial charge is 0.152 e. The molecule has 0 bridgehead atoms. The summed E-state index contributed by atoms with van der Waals surface area (Å²) in [4.78, 5) is 14.9. The van der Waals surface area contributed by atoms with Crippen molar-refractivity contribution in [2.24, 2.45) is 0 Å². The Labute approximate surface area is 132 Å². The Bertz CT molecular complexity index is 865. The molecule has 0 saturated carbocycles. The first-order valence-corrected chi connectivity index (χ1v) is 7.30. The second-order valence-corrected chi connectivity index (χ2v) is 5.98. The number of carbonyl (C=O) groups excluding carboxylic acids is 1. The predicted octanol–water partition coefficient (Wildman–Crippen LogP) is 5.57. The molecule has 0 fully saturated rings. The number of aromatic nitrogens is 1. The normalized spacial score (nSPS) is 11.0. The van der Waals surface area contributed by atoms with E-state index in [4.69, 9.17) is 23.2 Å². The van der Waals surface area contributed by atoms with Crippen LogP contribution in [0, 0.1) is 13.8 Å². The molecule has 0 aliphatic carbocycles. The maximum atomic E-state index is 11.6. The number of aldehydes is 1. The van der Waals surface area contributed by atoms with Crippen LogP contribution in [0.3, 0.4) is 0 Å². The topological polar surface area (TPSA) is 32.9 Å². The third-order valence-electron chi connectivity index (χ3n) is 3.60. The zero-order chi connectivity index (χ0) is 15.1. The van der Waals surface area contributed by atoms with E-state index in [2.05, 4.69) is 11.1 Å². The Morgan fingerprint density at radius 2 is 1.81 bits per heavy atom. The van der Waals surface area contributed by atoms with Crippen LogP contribution in [0.5, 0.6) is 0 Å². The highest BCUT2D eigenvalue weighted by molar-refractivity contribution is 6.42. The van der Waals surface area contributed by atoms with E-state index < -0.39 is 0 Å². The molecule has 2 nitrogen and oxygen atoms in total. The van der Waals surface area contributed by atoms with E-state index in [9.17, 15) is 4.79 Å². The summed E-state index contributed by atoms with van der Waals surface area (Å²) in [6.45, 7) is 4.04. The highest BCUT2D eigenvalue weighted by Gasteiger charge is 2.15. The quantitative estimate of drug-likeness (QED) is 0.616. The molecule has 3 aromatic rings. The fraction of sp³-hybridized carbons (Fsp3) is 0.118. The Morgan fingerprint density at radius 1 is 1.05 bits per heavy atom. The molecule has 2 aromatic carbocycles. The molecule has 0 aliphatic heterocycles. The van der Waals surface area contributed by atoms with Crippen LogP contribution in [0.25, 0.3) is 22.2 Å². The molecule has 0 saturated heterocycles. The average molecular weight is 318 g/mol. The van der Waals surface area contributed by atoms with Crippen molar-refractivity contribution in [3.63, 3.8) is 0 Å². The van der Waals surface area contributed by atoms with Gasteiger partial charge in [0.1, 0.15) is 0 Å². The second kappa shape index (κ2) is 5.21. The summed E-state index contributed by atoms with van der Waals surface area (Å²) in [5, 5.41) is 1.92. The highest BCUT2D eigenvalue weighted by atomic mass is 35.5. The van der Waals surface area contributed by atoms with Crippen LogP contribution in [0.15, 0.2) is 30.3 Å². The van der Waals surface area contributed by atoms with Gasteiger partial charge >= 0.3 is 0 Å². The van der Waals surface area contributed by atoms with Crippen LogP contribution in [0.2, 0.25) is 10.0 Å². The van der Waals surface area contributed by atoms with E-state index in [0.717, 1.165) is 39.6 Å². The number of benzene rings is 2. The number of aryl methyl sites for hydroxylation is 2. The van der Waals surface area contributed by atoms with E-state index in [1.54, 1.807) is 12.1 Å². The third kappa shape index (κ3) is 2.35. The SMILES string of the molecule is Cc1cc(C)c2c(C=O)c(-c3ccc(Cl)c(Cl)c3)[nH]c2c1. The molecule has 21 heavy (non-hydrogen) atoms. The number of halogens is 2. The molecule has 0 radical (unpaired) electrons. The average Bonchev–Trinajstić information content (AvgIpc) is 2.80. The summed E-state index contributed by atoms with van der Waals surface area (Å²) in [6.07, 6.45) is 0.888. The number of hydrogen-bond donors (Lipinski definition) is 1. The van der Waals surface area contributed by atoms with Crippen molar-refractivity contribution >= 4 is 40.4 Å². The summed E-state index contributed by atoms with van der Waals surface area (Å²) in [7, 11) is 0. The van der Waals surface area contributed by atoms with E-state index in [1.807, 2.05) is 26.0 Å². The minimum atomic E-state index is 0.470. The lowest BCUT2D eigenvalue weighted by atomic mass is 10.0. The highest BCUT2D eigenvalue weighted by Crippen LogP contribution is 2.34. The molecule has 0 spiro atoms. The second-order valence-electron chi connectivity index (χ2n) is 5.16. The Morgan fingerprint density at radius 3 is 2.48 bits per heavy atom. The van der Waals surface area contributed by atoms with Gasteiger partial charge < -0.3 is 4.98 Å². The van der Waals surface area contributed by atoms with Crippen LogP contribution in [-0.4, -0.2) is 11.3 Å².